The van der Waals surface area contributed by atoms with Gasteiger partial charge in [0.15, 0.2) is 5.69 Å². The molecule has 2 heterocycles. The van der Waals surface area contributed by atoms with E-state index in [0.29, 0.717) is 35.6 Å². The Hall–Kier alpha value is -2.61. The standard InChI is InChI=1S/C22H34N4O4/c1-13(2)8-9-26-19(21(28)30-7)18(25-15(4)27)17-10-16(12-23-20(17)26)24-14(3)11-22(5,6)29/h10,12-14,24,29H,8-9,11H2,1-7H3,(H,25,27). The zero-order valence-corrected chi connectivity index (χ0v) is 19.0. The first kappa shape index (κ1) is 23.7. The van der Waals surface area contributed by atoms with Gasteiger partial charge in [0.1, 0.15) is 5.65 Å². The van der Waals surface area contributed by atoms with Gasteiger partial charge in [-0.25, -0.2) is 9.78 Å². The number of nitrogens with zero attached hydrogens (tertiary/aromatic N) is 2. The van der Waals surface area contributed by atoms with E-state index in [1.54, 1.807) is 20.0 Å². The fraction of sp³-hybridized carbons (Fsp3) is 0.591. The first-order valence-electron chi connectivity index (χ1n) is 10.3. The number of hydrogen-bond donors (Lipinski definition) is 3. The number of aliphatic hydroxyl groups is 1. The monoisotopic (exact) mass is 418 g/mol. The van der Waals surface area contributed by atoms with Crippen LogP contribution in [0.2, 0.25) is 0 Å². The second-order valence-electron chi connectivity index (χ2n) is 8.89. The normalized spacial score (nSPS) is 12.8. The number of rotatable bonds is 9. The smallest absolute Gasteiger partial charge is 0.356 e. The van der Waals surface area contributed by atoms with Gasteiger partial charge in [0.05, 0.1) is 30.3 Å². The van der Waals surface area contributed by atoms with E-state index in [4.69, 9.17) is 4.74 Å². The van der Waals surface area contributed by atoms with E-state index in [1.165, 1.54) is 14.0 Å². The van der Waals surface area contributed by atoms with E-state index in [0.717, 1.165) is 12.1 Å². The Labute approximate surface area is 178 Å². The maximum absolute atomic E-state index is 12.6. The summed E-state index contributed by atoms with van der Waals surface area (Å²) in [5, 5.41) is 16.8. The number of fused-ring (bicyclic) bond motifs is 1. The highest BCUT2D eigenvalue weighted by atomic mass is 16.5. The van der Waals surface area contributed by atoms with E-state index < -0.39 is 11.6 Å². The van der Waals surface area contributed by atoms with Crippen LogP contribution in [-0.4, -0.2) is 45.3 Å². The van der Waals surface area contributed by atoms with Crippen LogP contribution in [0.3, 0.4) is 0 Å². The molecule has 0 radical (unpaired) electrons. The second kappa shape index (κ2) is 9.47. The molecule has 30 heavy (non-hydrogen) atoms. The molecule has 0 saturated carbocycles. The number of carbonyl (C=O) groups excluding carboxylic acids is 2. The van der Waals surface area contributed by atoms with E-state index in [9.17, 15) is 14.7 Å². The van der Waals surface area contributed by atoms with E-state index in [-0.39, 0.29) is 17.6 Å². The van der Waals surface area contributed by atoms with Crippen LogP contribution in [0.4, 0.5) is 11.4 Å². The van der Waals surface area contributed by atoms with Crippen molar-refractivity contribution < 1.29 is 19.4 Å². The van der Waals surface area contributed by atoms with Gasteiger partial charge in [-0.15, -0.1) is 0 Å². The number of nitrogens with one attached hydrogen (secondary N) is 2. The molecule has 2 aromatic rings. The quantitative estimate of drug-likeness (QED) is 0.535. The molecule has 0 saturated heterocycles. The number of aryl methyl sites for hydroxylation is 1. The number of aromatic nitrogens is 2. The Bertz CT molecular complexity index is 912. The molecule has 166 valence electrons. The Morgan fingerprint density at radius 2 is 1.97 bits per heavy atom. The summed E-state index contributed by atoms with van der Waals surface area (Å²) in [6.45, 7) is 11.7. The number of ether oxygens (including phenoxy) is 1. The highest BCUT2D eigenvalue weighted by Crippen LogP contribution is 2.33. The average molecular weight is 419 g/mol. The molecule has 1 atom stereocenters. The van der Waals surface area contributed by atoms with Crippen LogP contribution < -0.4 is 10.6 Å². The van der Waals surface area contributed by atoms with E-state index in [2.05, 4.69) is 29.5 Å². The largest absolute Gasteiger partial charge is 0.464 e. The lowest BCUT2D eigenvalue weighted by atomic mass is 10.0. The van der Waals surface area contributed by atoms with Crippen molar-refractivity contribution >= 4 is 34.3 Å². The van der Waals surface area contributed by atoms with Gasteiger partial charge in [-0.2, -0.15) is 0 Å². The molecule has 0 aliphatic rings. The lowest BCUT2D eigenvalue weighted by Gasteiger charge is -2.23. The molecule has 1 unspecified atom stereocenters. The van der Waals surface area contributed by atoms with Crippen molar-refractivity contribution in [1.29, 1.82) is 0 Å². The number of amides is 1. The van der Waals surface area contributed by atoms with Crippen molar-refractivity contribution in [3.63, 3.8) is 0 Å². The van der Waals surface area contributed by atoms with Gasteiger partial charge in [0.25, 0.3) is 0 Å². The topological polar surface area (TPSA) is 105 Å². The Kier molecular flexibility index (Phi) is 7.47. The van der Waals surface area contributed by atoms with Crippen LogP contribution in [0.5, 0.6) is 0 Å². The highest BCUT2D eigenvalue weighted by molar-refractivity contribution is 6.10. The Morgan fingerprint density at radius 3 is 2.50 bits per heavy atom. The van der Waals surface area contributed by atoms with Crippen LogP contribution in [0.15, 0.2) is 12.3 Å². The molecule has 1 amide bonds. The minimum Gasteiger partial charge on any atom is -0.464 e. The van der Waals surface area contributed by atoms with E-state index >= 15 is 0 Å². The molecule has 0 aliphatic heterocycles. The zero-order valence-electron chi connectivity index (χ0n) is 19.0. The molecule has 0 fully saturated rings. The number of hydrogen-bond acceptors (Lipinski definition) is 6. The molecular weight excluding hydrogens is 384 g/mol. The summed E-state index contributed by atoms with van der Waals surface area (Å²) < 4.78 is 6.82. The summed E-state index contributed by atoms with van der Waals surface area (Å²) in [5.74, 6) is -0.372. The second-order valence-corrected chi connectivity index (χ2v) is 8.89. The number of anilines is 2. The molecule has 2 aromatic heterocycles. The summed E-state index contributed by atoms with van der Waals surface area (Å²) in [5.41, 5.74) is 1.24. The lowest BCUT2D eigenvalue weighted by molar-refractivity contribution is -0.114. The van der Waals surface area contributed by atoms with Crippen molar-refractivity contribution in [3.8, 4) is 0 Å². The first-order chi connectivity index (χ1) is 13.9. The Morgan fingerprint density at radius 1 is 1.30 bits per heavy atom. The van der Waals surface area contributed by atoms with Gasteiger partial charge in [-0.1, -0.05) is 13.8 Å². The minimum absolute atomic E-state index is 0.00318. The molecule has 0 spiro atoms. The summed E-state index contributed by atoms with van der Waals surface area (Å²) in [6, 6.07) is 1.86. The molecule has 0 aliphatic carbocycles. The van der Waals surface area contributed by atoms with Crippen molar-refractivity contribution in [2.45, 2.75) is 72.6 Å². The zero-order chi connectivity index (χ0) is 22.6. The summed E-state index contributed by atoms with van der Waals surface area (Å²) >= 11 is 0. The van der Waals surface area contributed by atoms with E-state index in [1.807, 2.05) is 17.6 Å². The van der Waals surface area contributed by atoms with Crippen molar-refractivity contribution in [1.82, 2.24) is 9.55 Å². The number of esters is 1. The third kappa shape index (κ3) is 5.95. The van der Waals surface area contributed by atoms with Crippen LogP contribution in [0.25, 0.3) is 11.0 Å². The Balaban J connectivity index is 2.58. The van der Waals surface area contributed by atoms with Gasteiger partial charge in [-0.05, 0) is 45.6 Å². The van der Waals surface area contributed by atoms with Gasteiger partial charge >= 0.3 is 5.97 Å². The average Bonchev–Trinajstić information content (AvgIpc) is 2.90. The molecule has 2 rings (SSSR count). The molecule has 3 N–H and O–H groups in total. The summed E-state index contributed by atoms with van der Waals surface area (Å²) in [6.07, 6.45) is 3.09. The fourth-order valence-electron chi connectivity index (χ4n) is 3.61. The maximum atomic E-state index is 12.6. The van der Waals surface area contributed by atoms with Crippen LogP contribution in [0, 0.1) is 5.92 Å². The van der Waals surface area contributed by atoms with Gasteiger partial charge in [0, 0.05) is 24.9 Å². The number of methoxy groups -OCH3 is 1. The minimum atomic E-state index is -0.802. The highest BCUT2D eigenvalue weighted by Gasteiger charge is 2.26. The fourth-order valence-corrected chi connectivity index (χ4v) is 3.61. The van der Waals surface area contributed by atoms with Gasteiger partial charge < -0.3 is 25.0 Å². The summed E-state index contributed by atoms with van der Waals surface area (Å²) in [4.78, 5) is 29.1. The molecule has 0 bridgehead atoms. The van der Waals surface area contributed by atoms with Crippen molar-refractivity contribution in [2.24, 2.45) is 5.92 Å². The first-order valence-corrected chi connectivity index (χ1v) is 10.3. The number of carbonyl (C=O) groups is 2. The van der Waals surface area contributed by atoms with Crippen LogP contribution >= 0.6 is 0 Å². The van der Waals surface area contributed by atoms with Gasteiger partial charge in [0.2, 0.25) is 5.91 Å². The van der Waals surface area contributed by atoms with Gasteiger partial charge in [-0.3, -0.25) is 4.79 Å². The SMILES string of the molecule is COC(=O)c1c(NC(C)=O)c2cc(NC(C)CC(C)(C)O)cnc2n1CCC(C)C. The van der Waals surface area contributed by atoms with Crippen molar-refractivity contribution in [2.75, 3.05) is 17.7 Å². The maximum Gasteiger partial charge on any atom is 0.356 e. The summed E-state index contributed by atoms with van der Waals surface area (Å²) in [7, 11) is 1.32. The lowest BCUT2D eigenvalue weighted by Crippen LogP contribution is -2.29. The van der Waals surface area contributed by atoms with Crippen LogP contribution in [0.1, 0.15) is 64.9 Å². The third-order valence-electron chi connectivity index (χ3n) is 4.73. The predicted molar refractivity (Wildman–Crippen MR) is 119 cm³/mol. The van der Waals surface area contributed by atoms with Crippen molar-refractivity contribution in [3.05, 3.63) is 18.0 Å². The third-order valence-corrected chi connectivity index (χ3v) is 4.73. The predicted octanol–water partition coefficient (Wildman–Crippen LogP) is 3.79. The molecule has 0 aromatic carbocycles. The molecular formula is C22H34N4O4. The van der Waals surface area contributed by atoms with Crippen LogP contribution in [-0.2, 0) is 16.1 Å². The molecule has 8 nitrogen and oxygen atoms in total. The molecule has 8 heteroatoms. The number of pyridine rings is 1.